The Morgan fingerprint density at radius 3 is 2.82 bits per heavy atom. The molecule has 6 nitrogen and oxygen atoms in total. The first-order chi connectivity index (χ1) is 10.6. The van der Waals surface area contributed by atoms with E-state index in [0.29, 0.717) is 5.69 Å². The zero-order valence-electron chi connectivity index (χ0n) is 12.8. The maximum absolute atomic E-state index is 12.1. The van der Waals surface area contributed by atoms with Crippen LogP contribution in [0.5, 0.6) is 0 Å². The molecule has 2 N–H and O–H groups in total. The van der Waals surface area contributed by atoms with Crippen LogP contribution in [0.4, 0.5) is 5.69 Å². The van der Waals surface area contributed by atoms with Crippen LogP contribution in [0.3, 0.4) is 0 Å². The molecule has 1 aliphatic rings. The topological polar surface area (TPSA) is 73.4 Å². The molecule has 0 saturated carbocycles. The Morgan fingerprint density at radius 2 is 2.09 bits per heavy atom. The van der Waals surface area contributed by atoms with Crippen molar-refractivity contribution in [3.8, 4) is 0 Å². The first-order valence-corrected chi connectivity index (χ1v) is 7.32. The van der Waals surface area contributed by atoms with Crippen LogP contribution in [0.15, 0.2) is 29.4 Å². The number of benzene rings is 1. The maximum Gasteiger partial charge on any atom is 0.292 e. The largest absolute Gasteiger partial charge is 0.378 e. The van der Waals surface area contributed by atoms with E-state index in [2.05, 4.69) is 20.7 Å². The quantitative estimate of drug-likeness (QED) is 0.667. The van der Waals surface area contributed by atoms with Crippen LogP contribution >= 0.6 is 0 Å². The number of aryl methyl sites for hydroxylation is 1. The Kier molecular flexibility index (Phi) is 3.91. The third kappa shape index (κ3) is 2.86. The van der Waals surface area contributed by atoms with Crippen molar-refractivity contribution < 1.29 is 4.79 Å². The first kappa shape index (κ1) is 14.3. The summed E-state index contributed by atoms with van der Waals surface area (Å²) in [5.41, 5.74) is 7.16. The fraction of sp³-hybridized carbons (Fsp3) is 0.312. The molecule has 114 valence electrons. The number of rotatable bonds is 4. The van der Waals surface area contributed by atoms with Gasteiger partial charge < -0.3 is 4.90 Å². The molecule has 2 aromatic rings. The number of carbonyl (C=O) groups excluding carboxylic acids is 1. The number of nitrogens with zero attached hydrogens (tertiary/aromatic N) is 3. The molecule has 3 rings (SSSR count). The van der Waals surface area contributed by atoms with Crippen LogP contribution in [0.1, 0.15) is 33.7 Å². The summed E-state index contributed by atoms with van der Waals surface area (Å²) in [5, 5.41) is 11.0. The smallest absolute Gasteiger partial charge is 0.292 e. The summed E-state index contributed by atoms with van der Waals surface area (Å²) in [5.74, 6) is -0.263. The normalized spacial score (nSPS) is 13.4. The van der Waals surface area contributed by atoms with Crippen molar-refractivity contribution in [1.82, 2.24) is 15.6 Å². The highest BCUT2D eigenvalue weighted by Crippen LogP contribution is 2.22. The zero-order valence-corrected chi connectivity index (χ0v) is 12.8. The minimum absolute atomic E-state index is 0.263. The number of hydrogen-bond acceptors (Lipinski definition) is 4. The molecule has 1 aromatic carbocycles. The fourth-order valence-corrected chi connectivity index (χ4v) is 2.58. The van der Waals surface area contributed by atoms with E-state index in [1.54, 1.807) is 6.21 Å². The van der Waals surface area contributed by atoms with E-state index < -0.39 is 0 Å². The summed E-state index contributed by atoms with van der Waals surface area (Å²) in [7, 11) is 3.98. The molecule has 1 aromatic heterocycles. The number of nitrogens with one attached hydrogen (secondary N) is 2. The van der Waals surface area contributed by atoms with Gasteiger partial charge in [-0.2, -0.15) is 10.2 Å². The Bertz CT molecular complexity index is 700. The Hall–Kier alpha value is -2.63. The average molecular weight is 297 g/mol. The first-order valence-electron chi connectivity index (χ1n) is 7.32. The van der Waals surface area contributed by atoms with Crippen molar-refractivity contribution in [1.29, 1.82) is 0 Å². The monoisotopic (exact) mass is 297 g/mol. The highest BCUT2D eigenvalue weighted by atomic mass is 16.2. The van der Waals surface area contributed by atoms with E-state index in [1.165, 1.54) is 0 Å². The molecule has 1 amide bonds. The van der Waals surface area contributed by atoms with Crippen LogP contribution in [0, 0.1) is 0 Å². The van der Waals surface area contributed by atoms with Crippen LogP contribution in [0.25, 0.3) is 0 Å². The number of hydrazone groups is 1. The van der Waals surface area contributed by atoms with Crippen molar-refractivity contribution >= 4 is 17.8 Å². The Balaban J connectivity index is 1.63. The number of fused-ring (bicyclic) bond motifs is 1. The lowest BCUT2D eigenvalue weighted by Gasteiger charge is -2.11. The number of anilines is 1. The number of aromatic nitrogens is 2. The summed E-state index contributed by atoms with van der Waals surface area (Å²) in [6.07, 6.45) is 4.58. The predicted octanol–water partition coefficient (Wildman–Crippen LogP) is 1.73. The molecule has 0 atom stereocenters. The maximum atomic E-state index is 12.1. The molecule has 0 radical (unpaired) electrons. The van der Waals surface area contributed by atoms with Gasteiger partial charge in [0.25, 0.3) is 5.91 Å². The van der Waals surface area contributed by atoms with Gasteiger partial charge in [-0.3, -0.25) is 9.89 Å². The van der Waals surface area contributed by atoms with E-state index in [1.807, 2.05) is 43.3 Å². The van der Waals surface area contributed by atoms with Gasteiger partial charge in [0.15, 0.2) is 5.69 Å². The van der Waals surface area contributed by atoms with Crippen LogP contribution in [0.2, 0.25) is 0 Å². The Labute approximate surface area is 129 Å². The molecule has 0 bridgehead atoms. The third-order valence-corrected chi connectivity index (χ3v) is 3.81. The van der Waals surface area contributed by atoms with Gasteiger partial charge in [0, 0.05) is 31.0 Å². The van der Waals surface area contributed by atoms with Gasteiger partial charge in [0.05, 0.1) is 6.21 Å². The summed E-state index contributed by atoms with van der Waals surface area (Å²) >= 11 is 0. The van der Waals surface area contributed by atoms with Gasteiger partial charge >= 0.3 is 0 Å². The number of carbonyl (C=O) groups is 1. The van der Waals surface area contributed by atoms with E-state index >= 15 is 0 Å². The molecule has 0 fully saturated rings. The van der Waals surface area contributed by atoms with Crippen molar-refractivity contribution in [3.05, 3.63) is 46.8 Å². The molecule has 0 aliphatic heterocycles. The fourth-order valence-electron chi connectivity index (χ4n) is 2.58. The van der Waals surface area contributed by atoms with Crippen LogP contribution < -0.4 is 10.3 Å². The molecule has 1 heterocycles. The average Bonchev–Trinajstić information content (AvgIpc) is 3.10. The highest BCUT2D eigenvalue weighted by molar-refractivity contribution is 5.94. The van der Waals surface area contributed by atoms with Gasteiger partial charge in [0.2, 0.25) is 0 Å². The van der Waals surface area contributed by atoms with Crippen molar-refractivity contribution in [2.24, 2.45) is 5.10 Å². The van der Waals surface area contributed by atoms with E-state index in [-0.39, 0.29) is 5.91 Å². The molecular weight excluding hydrogens is 278 g/mol. The van der Waals surface area contributed by atoms with Crippen LogP contribution in [-0.4, -0.2) is 36.4 Å². The minimum Gasteiger partial charge on any atom is -0.378 e. The number of aromatic amines is 1. The van der Waals surface area contributed by atoms with Crippen LogP contribution in [-0.2, 0) is 12.8 Å². The lowest BCUT2D eigenvalue weighted by atomic mass is 10.2. The number of hydrogen-bond donors (Lipinski definition) is 2. The Morgan fingerprint density at radius 1 is 1.32 bits per heavy atom. The molecule has 0 saturated heterocycles. The van der Waals surface area contributed by atoms with Crippen molar-refractivity contribution in [2.45, 2.75) is 19.3 Å². The number of H-pyrrole nitrogens is 1. The van der Waals surface area contributed by atoms with Gasteiger partial charge in [-0.15, -0.1) is 0 Å². The SMILES string of the molecule is CN(C)c1ccc(/C=N/NC(=O)c2n[nH]c3c2CCC3)cc1. The van der Waals surface area contributed by atoms with E-state index in [9.17, 15) is 4.79 Å². The second-order valence-corrected chi connectivity index (χ2v) is 5.57. The van der Waals surface area contributed by atoms with Gasteiger partial charge in [-0.1, -0.05) is 12.1 Å². The van der Waals surface area contributed by atoms with Gasteiger partial charge in [-0.25, -0.2) is 5.43 Å². The molecular formula is C16H19N5O. The second-order valence-electron chi connectivity index (χ2n) is 5.57. The third-order valence-electron chi connectivity index (χ3n) is 3.81. The highest BCUT2D eigenvalue weighted by Gasteiger charge is 2.22. The summed E-state index contributed by atoms with van der Waals surface area (Å²) in [4.78, 5) is 14.1. The summed E-state index contributed by atoms with van der Waals surface area (Å²) in [6, 6.07) is 7.92. The van der Waals surface area contributed by atoms with Gasteiger partial charge in [0.1, 0.15) is 0 Å². The number of amides is 1. The molecule has 6 heteroatoms. The van der Waals surface area contributed by atoms with E-state index in [4.69, 9.17) is 0 Å². The zero-order chi connectivity index (χ0) is 15.5. The molecule has 1 aliphatic carbocycles. The second kappa shape index (κ2) is 6.01. The molecule has 22 heavy (non-hydrogen) atoms. The predicted molar refractivity (Wildman–Crippen MR) is 86.4 cm³/mol. The van der Waals surface area contributed by atoms with E-state index in [0.717, 1.165) is 41.8 Å². The lowest BCUT2D eigenvalue weighted by Crippen LogP contribution is -2.19. The minimum atomic E-state index is -0.263. The summed E-state index contributed by atoms with van der Waals surface area (Å²) in [6.45, 7) is 0. The van der Waals surface area contributed by atoms with Crippen molar-refractivity contribution in [3.63, 3.8) is 0 Å². The lowest BCUT2D eigenvalue weighted by molar-refractivity contribution is 0.0949. The molecule has 0 spiro atoms. The summed E-state index contributed by atoms with van der Waals surface area (Å²) < 4.78 is 0. The molecule has 0 unspecified atom stereocenters. The standard InChI is InChI=1S/C16H19N5O/c1-21(2)12-8-6-11(7-9-12)10-17-20-16(22)15-13-4-3-5-14(13)18-19-15/h6-10H,3-5H2,1-2H3,(H,18,19)(H,20,22)/b17-10+. The van der Waals surface area contributed by atoms with Crippen molar-refractivity contribution in [2.75, 3.05) is 19.0 Å². The van der Waals surface area contributed by atoms with Gasteiger partial charge in [-0.05, 0) is 37.0 Å².